The first-order valence-electron chi connectivity index (χ1n) is 10.1. The van der Waals surface area contributed by atoms with Crippen molar-refractivity contribution in [1.82, 2.24) is 9.97 Å². The molecule has 1 aromatic heterocycles. The van der Waals surface area contributed by atoms with Gasteiger partial charge in [-0.2, -0.15) is 0 Å². The number of nitrogens with zero attached hydrogens (tertiary/aromatic N) is 3. The van der Waals surface area contributed by atoms with Crippen LogP contribution >= 0.6 is 0 Å². The molecule has 0 amide bonds. The monoisotopic (exact) mass is 429 g/mol. The number of hydrogen-bond donors (Lipinski definition) is 1. The lowest BCUT2D eigenvalue weighted by Crippen LogP contribution is -2.12. The second-order valence-electron chi connectivity index (χ2n) is 7.57. The molecule has 1 atom stereocenters. The first-order valence-corrected chi connectivity index (χ1v) is 10.1. The minimum absolute atomic E-state index is 0.186. The van der Waals surface area contributed by atoms with E-state index in [9.17, 15) is 14.0 Å². The van der Waals surface area contributed by atoms with E-state index in [1.807, 2.05) is 55.5 Å². The zero-order valence-corrected chi connectivity index (χ0v) is 17.4. The van der Waals surface area contributed by atoms with Crippen LogP contribution in [0.4, 0.5) is 8.78 Å². The summed E-state index contributed by atoms with van der Waals surface area (Å²) in [7, 11) is 0. The molecule has 0 aliphatic rings. The van der Waals surface area contributed by atoms with E-state index in [-0.39, 0.29) is 23.6 Å². The summed E-state index contributed by atoms with van der Waals surface area (Å²) < 4.78 is 27.6. The number of benzene rings is 3. The largest absolute Gasteiger partial charge is 0.411 e. The molecule has 0 aliphatic carbocycles. The Labute approximate surface area is 184 Å². The summed E-state index contributed by atoms with van der Waals surface area (Å²) in [5.41, 5.74) is 5.39. The van der Waals surface area contributed by atoms with Gasteiger partial charge in [0, 0.05) is 41.9 Å². The van der Waals surface area contributed by atoms with E-state index in [4.69, 9.17) is 0 Å². The van der Waals surface area contributed by atoms with Gasteiger partial charge in [0.05, 0.1) is 5.71 Å². The number of hydrogen-bond acceptors (Lipinski definition) is 4. The van der Waals surface area contributed by atoms with Crippen LogP contribution in [0.3, 0.4) is 0 Å². The molecular formula is C26H21F2N3O. The highest BCUT2D eigenvalue weighted by Gasteiger charge is 2.21. The maximum Gasteiger partial charge on any atom is 0.126 e. The molecule has 4 nitrogen and oxygen atoms in total. The Balaban J connectivity index is 1.73. The molecule has 4 aromatic rings. The van der Waals surface area contributed by atoms with Gasteiger partial charge in [-0.25, -0.2) is 18.7 Å². The molecule has 0 aliphatic heterocycles. The molecule has 1 N–H and O–H groups in total. The number of rotatable bonds is 6. The van der Waals surface area contributed by atoms with Gasteiger partial charge in [-0.15, -0.1) is 0 Å². The maximum absolute atomic E-state index is 13.8. The quantitative estimate of drug-likeness (QED) is 0.228. The van der Waals surface area contributed by atoms with Gasteiger partial charge >= 0.3 is 0 Å². The van der Waals surface area contributed by atoms with Crippen LogP contribution in [-0.4, -0.2) is 20.9 Å². The third-order valence-electron chi connectivity index (χ3n) is 5.48. The highest BCUT2D eigenvalue weighted by atomic mass is 19.1. The smallest absolute Gasteiger partial charge is 0.126 e. The number of halogens is 2. The van der Waals surface area contributed by atoms with Crippen LogP contribution in [0.5, 0.6) is 0 Å². The van der Waals surface area contributed by atoms with Crippen molar-refractivity contribution >= 4 is 5.71 Å². The summed E-state index contributed by atoms with van der Waals surface area (Å²) in [6.07, 6.45) is 5.24. The van der Waals surface area contributed by atoms with Crippen LogP contribution in [-0.2, 0) is 0 Å². The van der Waals surface area contributed by atoms with Crippen molar-refractivity contribution in [1.29, 1.82) is 0 Å². The lowest BCUT2D eigenvalue weighted by Gasteiger charge is -2.21. The van der Waals surface area contributed by atoms with E-state index >= 15 is 0 Å². The van der Waals surface area contributed by atoms with Gasteiger partial charge in [-0.1, -0.05) is 53.7 Å². The van der Waals surface area contributed by atoms with Crippen LogP contribution in [0.2, 0.25) is 0 Å². The van der Waals surface area contributed by atoms with Gasteiger partial charge < -0.3 is 5.21 Å². The SMILES string of the molecule is Cc1ccccc1C(C/C(=N\O)c1cc(F)cc(F)c1)c1ccc(-c2cncnc2)cc1. The standard InChI is InChI=1S/C26H21F2N3O/c1-17-4-2-3-5-24(17)25(13-26(31-32)20-10-22(27)12-23(28)11-20)19-8-6-18(7-9-19)21-14-29-16-30-15-21/h2-12,14-16,25,32H,13H2,1H3/b31-26+. The van der Waals surface area contributed by atoms with Crippen molar-refractivity contribution < 1.29 is 14.0 Å². The van der Waals surface area contributed by atoms with Crippen molar-refractivity contribution in [2.75, 3.05) is 0 Å². The molecule has 0 saturated carbocycles. The predicted octanol–water partition coefficient (Wildman–Crippen LogP) is 6.13. The van der Waals surface area contributed by atoms with E-state index in [0.29, 0.717) is 0 Å². The fraction of sp³-hybridized carbons (Fsp3) is 0.115. The van der Waals surface area contributed by atoms with Crippen LogP contribution in [0.1, 0.15) is 34.6 Å². The van der Waals surface area contributed by atoms with Gasteiger partial charge in [-0.05, 0) is 41.3 Å². The molecule has 0 saturated heterocycles. The van der Waals surface area contributed by atoms with E-state index in [1.165, 1.54) is 18.5 Å². The molecular weight excluding hydrogens is 408 g/mol. The third kappa shape index (κ3) is 4.70. The number of aromatic nitrogens is 2. The molecule has 6 heteroatoms. The minimum Gasteiger partial charge on any atom is -0.411 e. The van der Waals surface area contributed by atoms with Gasteiger partial charge in [0.15, 0.2) is 0 Å². The molecule has 1 unspecified atom stereocenters. The van der Waals surface area contributed by atoms with Gasteiger partial charge in [0.25, 0.3) is 0 Å². The highest BCUT2D eigenvalue weighted by molar-refractivity contribution is 6.01. The van der Waals surface area contributed by atoms with Crippen LogP contribution in [0.25, 0.3) is 11.1 Å². The van der Waals surface area contributed by atoms with E-state index in [2.05, 4.69) is 15.1 Å². The topological polar surface area (TPSA) is 58.4 Å². The van der Waals surface area contributed by atoms with E-state index in [1.54, 1.807) is 12.4 Å². The Morgan fingerprint density at radius 1 is 0.906 bits per heavy atom. The number of oxime groups is 1. The third-order valence-corrected chi connectivity index (χ3v) is 5.48. The van der Waals surface area contributed by atoms with Crippen LogP contribution in [0, 0.1) is 18.6 Å². The highest BCUT2D eigenvalue weighted by Crippen LogP contribution is 2.33. The summed E-state index contributed by atoms with van der Waals surface area (Å²) in [6.45, 7) is 2.01. The summed E-state index contributed by atoms with van der Waals surface area (Å²) in [4.78, 5) is 8.12. The number of aryl methyl sites for hydroxylation is 1. The summed E-state index contributed by atoms with van der Waals surface area (Å²) in [6, 6.07) is 19.0. The molecule has 32 heavy (non-hydrogen) atoms. The Kier molecular flexibility index (Phi) is 6.31. The normalized spacial score (nSPS) is 12.5. The zero-order chi connectivity index (χ0) is 22.5. The Hall–Kier alpha value is -3.93. The Bertz CT molecular complexity index is 1220. The summed E-state index contributed by atoms with van der Waals surface area (Å²) in [5, 5.41) is 13.1. The Morgan fingerprint density at radius 2 is 1.56 bits per heavy atom. The molecule has 1 heterocycles. The fourth-order valence-electron chi connectivity index (χ4n) is 3.87. The first-order chi connectivity index (χ1) is 15.5. The second-order valence-corrected chi connectivity index (χ2v) is 7.57. The predicted molar refractivity (Wildman–Crippen MR) is 120 cm³/mol. The minimum atomic E-state index is -0.719. The molecule has 0 fully saturated rings. The van der Waals surface area contributed by atoms with Crippen LogP contribution < -0.4 is 0 Å². The van der Waals surface area contributed by atoms with Crippen molar-refractivity contribution in [3.8, 4) is 11.1 Å². The second kappa shape index (κ2) is 9.47. The van der Waals surface area contributed by atoms with Crippen molar-refractivity contribution in [3.05, 3.63) is 119 Å². The summed E-state index contributed by atoms with van der Waals surface area (Å²) in [5.74, 6) is -1.62. The average Bonchev–Trinajstić information content (AvgIpc) is 2.81. The average molecular weight is 429 g/mol. The molecule has 3 aromatic carbocycles. The van der Waals surface area contributed by atoms with E-state index in [0.717, 1.165) is 33.9 Å². The van der Waals surface area contributed by atoms with Crippen molar-refractivity contribution in [2.24, 2.45) is 5.16 Å². The van der Waals surface area contributed by atoms with Crippen LogP contribution in [0.15, 0.2) is 90.6 Å². The van der Waals surface area contributed by atoms with Crippen molar-refractivity contribution in [3.63, 3.8) is 0 Å². The lowest BCUT2D eigenvalue weighted by atomic mass is 9.83. The van der Waals surface area contributed by atoms with Gasteiger partial charge in [-0.3, -0.25) is 0 Å². The molecule has 0 radical (unpaired) electrons. The van der Waals surface area contributed by atoms with E-state index < -0.39 is 11.6 Å². The van der Waals surface area contributed by atoms with Gasteiger partial charge in [0.1, 0.15) is 18.0 Å². The molecule has 4 rings (SSSR count). The van der Waals surface area contributed by atoms with Crippen molar-refractivity contribution in [2.45, 2.75) is 19.3 Å². The van der Waals surface area contributed by atoms with Gasteiger partial charge in [0.2, 0.25) is 0 Å². The first kappa shape index (κ1) is 21.3. The lowest BCUT2D eigenvalue weighted by molar-refractivity contribution is 0.317. The maximum atomic E-state index is 13.8. The molecule has 160 valence electrons. The summed E-state index contributed by atoms with van der Waals surface area (Å²) >= 11 is 0. The molecule has 0 spiro atoms. The Morgan fingerprint density at radius 3 is 2.19 bits per heavy atom. The molecule has 0 bridgehead atoms. The zero-order valence-electron chi connectivity index (χ0n) is 17.4. The fourth-order valence-corrected chi connectivity index (χ4v) is 3.87.